The molecule has 13 heteroatoms. The van der Waals surface area contributed by atoms with Crippen molar-refractivity contribution in [3.8, 4) is 0 Å². The van der Waals surface area contributed by atoms with E-state index in [1.165, 1.54) is 23.1 Å². The maximum atomic E-state index is 10.6. The van der Waals surface area contributed by atoms with Gasteiger partial charge in [0.2, 0.25) is 5.13 Å². The molecule has 0 saturated carbocycles. The van der Waals surface area contributed by atoms with Gasteiger partial charge in [-0.1, -0.05) is 0 Å². The van der Waals surface area contributed by atoms with Crippen LogP contribution in [0.4, 0.5) is 5.13 Å². The van der Waals surface area contributed by atoms with E-state index in [4.69, 9.17) is 22.3 Å². The molecule has 0 fully saturated rings. The van der Waals surface area contributed by atoms with Gasteiger partial charge in [-0.3, -0.25) is 0 Å². The summed E-state index contributed by atoms with van der Waals surface area (Å²) in [4.78, 5) is 8.03. The molecular formula is C8H17CaN7O2S3. The zero-order valence-electron chi connectivity index (χ0n) is 10.4. The van der Waals surface area contributed by atoms with E-state index in [9.17, 15) is 8.42 Å². The van der Waals surface area contributed by atoms with Gasteiger partial charge in [0.1, 0.15) is 5.84 Å². The van der Waals surface area contributed by atoms with Crippen molar-refractivity contribution in [2.24, 2.45) is 31.7 Å². The van der Waals surface area contributed by atoms with E-state index >= 15 is 0 Å². The van der Waals surface area contributed by atoms with Gasteiger partial charge in [0.25, 0.3) is 0 Å². The van der Waals surface area contributed by atoms with Gasteiger partial charge < -0.3 is 17.2 Å². The van der Waals surface area contributed by atoms with Gasteiger partial charge in [-0.2, -0.15) is 25.2 Å². The number of thiazole rings is 1. The van der Waals surface area contributed by atoms with Gasteiger partial charge in [0.15, 0.2) is 5.96 Å². The summed E-state index contributed by atoms with van der Waals surface area (Å²) in [6.45, 7) is 0. The second-order valence-corrected chi connectivity index (χ2v) is 6.71. The molecule has 0 unspecified atom stereocenters. The maximum absolute atomic E-state index is 10.6. The van der Waals surface area contributed by atoms with Gasteiger partial charge in [0, 0.05) is 23.3 Å². The van der Waals surface area contributed by atoms with Gasteiger partial charge in [-0.15, -0.1) is 15.7 Å². The third-order valence-corrected chi connectivity index (χ3v) is 4.03. The number of aromatic nitrogens is 1. The molecule has 1 aromatic rings. The van der Waals surface area contributed by atoms with Crippen molar-refractivity contribution in [2.45, 2.75) is 12.2 Å². The topological polar surface area (TPSA) is 176 Å². The number of aliphatic imine (C=N–C) groups is 1. The average Bonchev–Trinajstić information content (AvgIpc) is 2.68. The first-order valence-electron chi connectivity index (χ1n) is 5.25. The van der Waals surface area contributed by atoms with Crippen molar-refractivity contribution >= 4 is 88.0 Å². The van der Waals surface area contributed by atoms with Crippen molar-refractivity contribution in [2.75, 3.05) is 5.75 Å². The van der Waals surface area contributed by atoms with Crippen LogP contribution < -0.4 is 22.3 Å². The van der Waals surface area contributed by atoms with Crippen LogP contribution in [0.5, 0.6) is 0 Å². The Kier molecular flexibility index (Phi) is 9.76. The van der Waals surface area contributed by atoms with Gasteiger partial charge >= 0.3 is 47.9 Å². The van der Waals surface area contributed by atoms with Crippen LogP contribution in [0.25, 0.3) is 0 Å². The Morgan fingerprint density at radius 2 is 2.05 bits per heavy atom. The average molecular weight is 380 g/mol. The van der Waals surface area contributed by atoms with Crippen LogP contribution in [0.2, 0.25) is 0 Å². The first-order valence-corrected chi connectivity index (χ1v) is 8.79. The van der Waals surface area contributed by atoms with Crippen LogP contribution in [-0.2, 0) is 16.0 Å². The number of thioether (sulfide) groups is 1. The molecule has 9 nitrogen and oxygen atoms in total. The minimum atomic E-state index is -3.92. The molecule has 0 atom stereocenters. The Labute approximate surface area is 160 Å². The Morgan fingerprint density at radius 1 is 1.38 bits per heavy atom. The van der Waals surface area contributed by atoms with E-state index in [0.29, 0.717) is 23.1 Å². The van der Waals surface area contributed by atoms with Crippen molar-refractivity contribution in [1.29, 1.82) is 0 Å². The molecular weight excluding hydrogens is 362 g/mol. The van der Waals surface area contributed by atoms with E-state index in [1.54, 1.807) is 0 Å². The molecule has 0 radical (unpaired) electrons. The summed E-state index contributed by atoms with van der Waals surface area (Å²) in [5, 5.41) is 7.07. The van der Waals surface area contributed by atoms with Crippen LogP contribution in [-0.4, -0.2) is 68.7 Å². The molecule has 1 rings (SSSR count). The molecule has 0 spiro atoms. The number of guanidine groups is 1. The van der Waals surface area contributed by atoms with Crippen LogP contribution in [0.3, 0.4) is 0 Å². The molecule has 0 aliphatic carbocycles. The zero-order valence-corrected chi connectivity index (χ0v) is 12.8. The molecule has 8 N–H and O–H groups in total. The van der Waals surface area contributed by atoms with Gasteiger partial charge in [0.05, 0.1) is 5.69 Å². The number of amidine groups is 1. The molecule has 1 heterocycles. The normalized spacial score (nSPS) is 11.8. The van der Waals surface area contributed by atoms with Crippen LogP contribution in [0.15, 0.2) is 14.8 Å². The van der Waals surface area contributed by atoms with E-state index < -0.39 is 10.2 Å². The number of hydrogen-bond donors (Lipinski definition) is 4. The Hall–Kier alpha value is -0.110. The van der Waals surface area contributed by atoms with Crippen molar-refractivity contribution in [1.82, 2.24) is 4.98 Å². The second kappa shape index (κ2) is 9.82. The van der Waals surface area contributed by atoms with Crippen LogP contribution >= 0.6 is 23.1 Å². The molecule has 21 heavy (non-hydrogen) atoms. The predicted octanol–water partition coefficient (Wildman–Crippen LogP) is -1.68. The Bertz CT molecular complexity index is 609. The predicted molar refractivity (Wildman–Crippen MR) is 91.6 cm³/mol. The quantitative estimate of drug-likeness (QED) is 0.189. The fourth-order valence-electron chi connectivity index (χ4n) is 1.09. The summed E-state index contributed by atoms with van der Waals surface area (Å²) in [5.41, 5.74) is 16.7. The molecule has 0 aliphatic heterocycles. The molecule has 0 bridgehead atoms. The van der Waals surface area contributed by atoms with Gasteiger partial charge in [-0.25, -0.2) is 10.1 Å². The van der Waals surface area contributed by atoms with Gasteiger partial charge in [-0.05, 0) is 0 Å². The van der Waals surface area contributed by atoms with E-state index in [2.05, 4.69) is 14.4 Å². The van der Waals surface area contributed by atoms with E-state index in [0.717, 1.165) is 5.69 Å². The first kappa shape index (κ1) is 20.9. The standard InChI is InChI=1S/C8H15N7O2S3.Ca.2H/c9-6(15-20(12,16)17)1-2-18-3-5-4-19-8(13-5)14-7(10)11;;;/h4H,1-3H2,(H2,9,15)(H2,12,16,17)(H4,10,11,13,14);;;. The SMILES string of the molecule is NC(N)=Nc1nc(CSCCC(N)=NS(N)(=O)=O)cs1.[CaH2]. The summed E-state index contributed by atoms with van der Waals surface area (Å²) >= 11 is 2.86. The van der Waals surface area contributed by atoms with Crippen molar-refractivity contribution in [3.63, 3.8) is 0 Å². The summed E-state index contributed by atoms with van der Waals surface area (Å²) in [7, 11) is -3.92. The first-order chi connectivity index (χ1) is 9.26. The summed E-state index contributed by atoms with van der Waals surface area (Å²) in [6.07, 6.45) is 0.325. The Balaban J connectivity index is 0.00000400. The number of rotatable bonds is 7. The second-order valence-electron chi connectivity index (χ2n) is 3.56. The number of nitrogens with zero attached hydrogens (tertiary/aromatic N) is 3. The molecule has 116 valence electrons. The Morgan fingerprint density at radius 3 is 2.62 bits per heavy atom. The molecule has 0 aliphatic rings. The fraction of sp³-hybridized carbons (Fsp3) is 0.375. The van der Waals surface area contributed by atoms with E-state index in [1.807, 2.05) is 5.38 Å². The molecule has 1 aromatic heterocycles. The third kappa shape index (κ3) is 10.3. The van der Waals surface area contributed by atoms with Crippen molar-refractivity contribution < 1.29 is 8.42 Å². The molecule has 0 saturated heterocycles. The minimum absolute atomic E-state index is 0. The third-order valence-electron chi connectivity index (χ3n) is 1.76. The summed E-state index contributed by atoms with van der Waals surface area (Å²) in [5.74, 6) is 1.18. The molecule has 0 amide bonds. The monoisotopic (exact) mass is 379 g/mol. The van der Waals surface area contributed by atoms with Crippen LogP contribution in [0, 0.1) is 0 Å². The van der Waals surface area contributed by atoms with E-state index in [-0.39, 0.29) is 49.5 Å². The fourth-order valence-corrected chi connectivity index (χ4v) is 3.17. The number of nitrogens with two attached hydrogens (primary N) is 4. The van der Waals surface area contributed by atoms with Crippen LogP contribution in [0.1, 0.15) is 12.1 Å². The zero-order chi connectivity index (χ0) is 15.2. The summed E-state index contributed by atoms with van der Waals surface area (Å²) in [6, 6.07) is 0. The summed E-state index contributed by atoms with van der Waals surface area (Å²) < 4.78 is 24.5. The number of hydrogen-bond acceptors (Lipinski definition) is 6. The van der Waals surface area contributed by atoms with Crippen molar-refractivity contribution in [3.05, 3.63) is 11.1 Å². The molecule has 0 aromatic carbocycles.